The fourth-order valence-corrected chi connectivity index (χ4v) is 8.68. The SMILES string of the molecule is CO[C@@H]1O[C@@]23CC[C@@]4(O)CC(=O)CC[C@@]14[C@H]2CC[C@]1(C)[C@@H](C(=O)CO)CC[C@H]13. The van der Waals surface area contributed by atoms with Crippen LogP contribution in [0.25, 0.3) is 0 Å². The van der Waals surface area contributed by atoms with E-state index in [-0.39, 0.29) is 41.2 Å². The molecule has 0 aromatic carbocycles. The maximum Gasteiger partial charge on any atom is 0.166 e. The highest BCUT2D eigenvalue weighted by atomic mass is 16.7. The predicted molar refractivity (Wildman–Crippen MR) is 99.2 cm³/mol. The van der Waals surface area contributed by atoms with E-state index in [0.717, 1.165) is 25.7 Å². The average Bonchev–Trinajstić information content (AvgIpc) is 3.13. The number of aliphatic hydroxyl groups is 2. The molecule has 0 aromatic rings. The molecule has 5 fully saturated rings. The van der Waals surface area contributed by atoms with Crippen molar-refractivity contribution in [2.45, 2.75) is 82.2 Å². The second-order valence-corrected chi connectivity index (χ2v) is 10.3. The summed E-state index contributed by atoms with van der Waals surface area (Å²) in [5.74, 6) is 0.341. The monoisotopic (exact) mass is 392 g/mol. The Morgan fingerprint density at radius 1 is 1.18 bits per heavy atom. The number of fused-ring (bicyclic) bond motifs is 1. The van der Waals surface area contributed by atoms with E-state index in [1.165, 1.54) is 0 Å². The molecule has 1 heterocycles. The van der Waals surface area contributed by atoms with Gasteiger partial charge in [0.25, 0.3) is 0 Å². The van der Waals surface area contributed by atoms with Gasteiger partial charge < -0.3 is 19.7 Å². The Morgan fingerprint density at radius 3 is 2.68 bits per heavy atom. The largest absolute Gasteiger partial charge is 0.389 e. The third-order valence-electron chi connectivity index (χ3n) is 9.72. The van der Waals surface area contributed by atoms with Crippen molar-refractivity contribution in [1.29, 1.82) is 0 Å². The fourth-order valence-electron chi connectivity index (χ4n) is 8.68. The number of rotatable bonds is 3. The Morgan fingerprint density at radius 2 is 1.96 bits per heavy atom. The topological polar surface area (TPSA) is 93.1 Å². The number of methoxy groups -OCH3 is 1. The van der Waals surface area contributed by atoms with Gasteiger partial charge in [0.2, 0.25) is 0 Å². The summed E-state index contributed by atoms with van der Waals surface area (Å²) in [4.78, 5) is 24.7. The van der Waals surface area contributed by atoms with E-state index in [1.54, 1.807) is 7.11 Å². The quantitative estimate of drug-likeness (QED) is 0.763. The van der Waals surface area contributed by atoms with Gasteiger partial charge in [0.15, 0.2) is 12.1 Å². The lowest BCUT2D eigenvalue weighted by atomic mass is 9.42. The number of hydrogen-bond acceptors (Lipinski definition) is 6. The van der Waals surface area contributed by atoms with Crippen LogP contribution in [0.5, 0.6) is 0 Å². The van der Waals surface area contributed by atoms with E-state index in [0.29, 0.717) is 25.7 Å². The van der Waals surface area contributed by atoms with Crippen LogP contribution in [-0.4, -0.2) is 53.0 Å². The number of ketones is 2. The van der Waals surface area contributed by atoms with Crippen LogP contribution in [0.3, 0.4) is 0 Å². The van der Waals surface area contributed by atoms with Crippen molar-refractivity contribution in [2.24, 2.45) is 28.6 Å². The van der Waals surface area contributed by atoms with Gasteiger partial charge in [0.05, 0.1) is 16.6 Å². The Kier molecular flexibility index (Phi) is 4.02. The lowest BCUT2D eigenvalue weighted by Crippen LogP contribution is -2.67. The van der Waals surface area contributed by atoms with Gasteiger partial charge in [0.1, 0.15) is 12.4 Å². The van der Waals surface area contributed by atoms with Crippen molar-refractivity contribution in [1.82, 2.24) is 0 Å². The summed E-state index contributed by atoms with van der Waals surface area (Å²) < 4.78 is 12.6. The summed E-state index contributed by atoms with van der Waals surface area (Å²) in [6, 6.07) is 0. The Labute approximate surface area is 166 Å². The molecule has 4 saturated carbocycles. The smallest absolute Gasteiger partial charge is 0.166 e. The number of aliphatic hydroxyl groups excluding tert-OH is 1. The first-order valence-corrected chi connectivity index (χ1v) is 10.9. The Hall–Kier alpha value is -0.820. The third-order valence-corrected chi connectivity index (χ3v) is 9.72. The summed E-state index contributed by atoms with van der Waals surface area (Å²) >= 11 is 0. The molecule has 0 radical (unpaired) electrons. The minimum absolute atomic E-state index is 0.0496. The van der Waals surface area contributed by atoms with Crippen molar-refractivity contribution in [3.63, 3.8) is 0 Å². The van der Waals surface area contributed by atoms with Gasteiger partial charge in [-0.1, -0.05) is 6.92 Å². The van der Waals surface area contributed by atoms with Crippen LogP contribution < -0.4 is 0 Å². The van der Waals surface area contributed by atoms with Gasteiger partial charge in [-0.3, -0.25) is 9.59 Å². The van der Waals surface area contributed by atoms with Gasteiger partial charge in [-0.2, -0.15) is 0 Å². The molecule has 4 aliphatic carbocycles. The minimum atomic E-state index is -1.06. The van der Waals surface area contributed by atoms with Gasteiger partial charge in [-0.15, -0.1) is 0 Å². The zero-order chi connectivity index (χ0) is 19.9. The second kappa shape index (κ2) is 5.87. The van der Waals surface area contributed by atoms with Crippen LogP contribution in [0.2, 0.25) is 0 Å². The van der Waals surface area contributed by atoms with Crippen LogP contribution in [-0.2, 0) is 19.1 Å². The number of carbonyl (C=O) groups excluding carboxylic acids is 2. The molecule has 6 heteroatoms. The van der Waals surface area contributed by atoms with E-state index in [1.807, 2.05) is 0 Å². The first-order chi connectivity index (χ1) is 13.3. The summed E-state index contributed by atoms with van der Waals surface area (Å²) in [5.41, 5.74) is -2.17. The van der Waals surface area contributed by atoms with E-state index in [4.69, 9.17) is 9.47 Å². The van der Waals surface area contributed by atoms with Crippen molar-refractivity contribution >= 4 is 11.6 Å². The van der Waals surface area contributed by atoms with Gasteiger partial charge >= 0.3 is 0 Å². The van der Waals surface area contributed by atoms with Crippen molar-refractivity contribution < 1.29 is 29.3 Å². The molecule has 6 nitrogen and oxygen atoms in total. The minimum Gasteiger partial charge on any atom is -0.389 e. The van der Waals surface area contributed by atoms with Gasteiger partial charge in [0, 0.05) is 31.8 Å². The van der Waals surface area contributed by atoms with Crippen molar-refractivity contribution in [2.75, 3.05) is 13.7 Å². The molecule has 28 heavy (non-hydrogen) atoms. The molecule has 0 aromatic heterocycles. The Balaban J connectivity index is 1.60. The molecular weight excluding hydrogens is 360 g/mol. The molecule has 5 rings (SSSR count). The highest BCUT2D eigenvalue weighted by Gasteiger charge is 2.79. The molecule has 1 spiro atoms. The lowest BCUT2D eigenvalue weighted by molar-refractivity contribution is -0.225. The van der Waals surface area contributed by atoms with Crippen molar-refractivity contribution in [3.05, 3.63) is 0 Å². The van der Waals surface area contributed by atoms with Crippen LogP contribution in [0.15, 0.2) is 0 Å². The third kappa shape index (κ3) is 1.98. The lowest BCUT2D eigenvalue weighted by Gasteiger charge is -2.62. The number of Topliss-reactive ketones (excluding diaryl/α,β-unsaturated/α-hetero) is 2. The standard InChI is InChI=1S/C22H32O6/c1-19-7-6-17-21-8-5-13(24)11-20(21,26)9-10-22(17,28-18(21)27-2)16(19)4-3-14(19)15(25)12-23/h14,16-18,23,26H,3-12H2,1-2H3/t14-,16-,17-,18-,19-,20-,21-,22-/m1/s1. The molecule has 2 N–H and O–H groups in total. The summed E-state index contributed by atoms with van der Waals surface area (Å²) in [5, 5.41) is 21.2. The molecule has 5 aliphatic rings. The van der Waals surface area contributed by atoms with E-state index < -0.39 is 29.5 Å². The maximum absolute atomic E-state index is 12.5. The molecule has 0 amide bonds. The Bertz CT molecular complexity index is 722. The van der Waals surface area contributed by atoms with Crippen LogP contribution in [0.4, 0.5) is 0 Å². The highest BCUT2D eigenvalue weighted by Crippen LogP contribution is 2.75. The molecule has 0 unspecified atom stereocenters. The predicted octanol–water partition coefficient (Wildman–Crippen LogP) is 2.00. The fraction of sp³-hybridized carbons (Fsp3) is 0.909. The molecule has 156 valence electrons. The average molecular weight is 392 g/mol. The van der Waals surface area contributed by atoms with Crippen LogP contribution in [0, 0.1) is 28.6 Å². The first kappa shape index (κ1) is 19.2. The molecule has 1 saturated heterocycles. The molecule has 1 aliphatic heterocycles. The normalized spacial score (nSPS) is 54.8. The van der Waals surface area contributed by atoms with Crippen LogP contribution >= 0.6 is 0 Å². The van der Waals surface area contributed by atoms with Crippen molar-refractivity contribution in [3.8, 4) is 0 Å². The molecular formula is C22H32O6. The van der Waals surface area contributed by atoms with Gasteiger partial charge in [-0.25, -0.2) is 0 Å². The van der Waals surface area contributed by atoms with E-state index >= 15 is 0 Å². The van der Waals surface area contributed by atoms with Gasteiger partial charge in [-0.05, 0) is 56.3 Å². The van der Waals surface area contributed by atoms with E-state index in [9.17, 15) is 19.8 Å². The van der Waals surface area contributed by atoms with E-state index in [2.05, 4.69) is 6.92 Å². The number of carbonyl (C=O) groups is 2. The van der Waals surface area contributed by atoms with Crippen LogP contribution in [0.1, 0.15) is 64.7 Å². The first-order valence-electron chi connectivity index (χ1n) is 10.9. The summed E-state index contributed by atoms with van der Waals surface area (Å²) in [6.45, 7) is 1.81. The highest BCUT2D eigenvalue weighted by molar-refractivity contribution is 5.83. The maximum atomic E-state index is 12.5. The number of hydrogen-bond donors (Lipinski definition) is 2. The summed E-state index contributed by atoms with van der Waals surface area (Å²) in [7, 11) is 1.64. The molecule has 8 atom stereocenters. The zero-order valence-electron chi connectivity index (χ0n) is 16.9. The zero-order valence-corrected chi connectivity index (χ0v) is 16.9. The number of ether oxygens (including phenoxy) is 2. The molecule has 2 bridgehead atoms. The second-order valence-electron chi connectivity index (χ2n) is 10.3. The summed E-state index contributed by atoms with van der Waals surface area (Å²) in [6.07, 6.45) is 5.54.